The van der Waals surface area contributed by atoms with E-state index in [1.807, 2.05) is 6.07 Å². The Kier molecular flexibility index (Phi) is 3.92. The number of hydrogen-bond acceptors (Lipinski definition) is 4. The van der Waals surface area contributed by atoms with Gasteiger partial charge in [0.1, 0.15) is 11.8 Å². The molecule has 0 radical (unpaired) electrons. The lowest BCUT2D eigenvalue weighted by Crippen LogP contribution is -2.21. The third kappa shape index (κ3) is 3.42. The Morgan fingerprint density at radius 2 is 2.18 bits per heavy atom. The molecule has 1 aromatic rings. The lowest BCUT2D eigenvalue weighted by atomic mass is 9.83. The van der Waals surface area contributed by atoms with Crippen LogP contribution in [0.3, 0.4) is 0 Å². The van der Waals surface area contributed by atoms with E-state index >= 15 is 0 Å². The van der Waals surface area contributed by atoms with Crippen LogP contribution < -0.4 is 5.32 Å². The average Bonchev–Trinajstić information content (AvgIpc) is 2.38. The van der Waals surface area contributed by atoms with Gasteiger partial charge in [-0.1, -0.05) is 19.8 Å². The molecule has 0 spiro atoms. The number of nitrogens with one attached hydrogen (secondary N) is 1. The zero-order chi connectivity index (χ0) is 12.1. The standard InChI is InChI=1S/C13H18N4/c1-10-2-4-11(5-3-10)9-16-13-15-7-6-12(8-14)17-13/h6-7,10-11H,2-5,9H2,1H3,(H,15,16,17). The fourth-order valence-electron chi connectivity index (χ4n) is 2.28. The maximum Gasteiger partial charge on any atom is 0.223 e. The third-order valence-corrected chi connectivity index (χ3v) is 3.45. The molecule has 0 amide bonds. The van der Waals surface area contributed by atoms with Crippen molar-refractivity contribution in [1.82, 2.24) is 9.97 Å². The van der Waals surface area contributed by atoms with Gasteiger partial charge in [0.15, 0.2) is 0 Å². The molecule has 17 heavy (non-hydrogen) atoms. The summed E-state index contributed by atoms with van der Waals surface area (Å²) < 4.78 is 0. The molecule has 0 saturated heterocycles. The van der Waals surface area contributed by atoms with E-state index in [4.69, 9.17) is 5.26 Å². The summed E-state index contributed by atoms with van der Waals surface area (Å²) >= 11 is 0. The second-order valence-electron chi connectivity index (χ2n) is 4.88. The summed E-state index contributed by atoms with van der Waals surface area (Å²) in [6.07, 6.45) is 6.84. The lowest BCUT2D eigenvalue weighted by molar-refractivity contribution is 0.300. The zero-order valence-electron chi connectivity index (χ0n) is 10.2. The summed E-state index contributed by atoms with van der Waals surface area (Å²) in [5.74, 6) is 2.17. The van der Waals surface area contributed by atoms with Gasteiger partial charge in [0.25, 0.3) is 0 Å². The highest BCUT2D eigenvalue weighted by atomic mass is 15.1. The highest BCUT2D eigenvalue weighted by Gasteiger charge is 2.17. The first-order valence-electron chi connectivity index (χ1n) is 6.25. The highest BCUT2D eigenvalue weighted by Crippen LogP contribution is 2.28. The van der Waals surface area contributed by atoms with Crippen molar-refractivity contribution < 1.29 is 0 Å². The second-order valence-corrected chi connectivity index (χ2v) is 4.88. The normalized spacial score (nSPS) is 24.0. The number of anilines is 1. The first-order valence-corrected chi connectivity index (χ1v) is 6.25. The largest absolute Gasteiger partial charge is 0.354 e. The van der Waals surface area contributed by atoms with E-state index in [0.717, 1.165) is 18.4 Å². The maximum absolute atomic E-state index is 8.74. The Morgan fingerprint density at radius 1 is 1.41 bits per heavy atom. The van der Waals surface area contributed by atoms with Crippen molar-refractivity contribution >= 4 is 5.95 Å². The van der Waals surface area contributed by atoms with Crippen molar-refractivity contribution in [3.8, 4) is 6.07 Å². The van der Waals surface area contributed by atoms with Gasteiger partial charge >= 0.3 is 0 Å². The predicted octanol–water partition coefficient (Wildman–Crippen LogP) is 2.59. The van der Waals surface area contributed by atoms with Crippen molar-refractivity contribution in [2.24, 2.45) is 11.8 Å². The lowest BCUT2D eigenvalue weighted by Gasteiger charge is -2.26. The van der Waals surface area contributed by atoms with Gasteiger partial charge in [-0.25, -0.2) is 9.97 Å². The molecule has 90 valence electrons. The average molecular weight is 230 g/mol. The van der Waals surface area contributed by atoms with E-state index in [1.165, 1.54) is 25.7 Å². The molecular formula is C13H18N4. The number of rotatable bonds is 3. The molecule has 1 aliphatic rings. The van der Waals surface area contributed by atoms with Crippen LogP contribution in [-0.4, -0.2) is 16.5 Å². The molecule has 4 heteroatoms. The van der Waals surface area contributed by atoms with Crippen LogP contribution in [0.5, 0.6) is 0 Å². The minimum Gasteiger partial charge on any atom is -0.354 e. The molecule has 0 atom stereocenters. The van der Waals surface area contributed by atoms with Gasteiger partial charge in [0, 0.05) is 12.7 Å². The summed E-state index contributed by atoms with van der Waals surface area (Å²) in [6, 6.07) is 3.64. The smallest absolute Gasteiger partial charge is 0.223 e. The number of hydrogen-bond donors (Lipinski definition) is 1. The summed E-state index contributed by atoms with van der Waals surface area (Å²) in [5.41, 5.74) is 0.416. The quantitative estimate of drug-likeness (QED) is 0.867. The SMILES string of the molecule is CC1CCC(CNc2nccc(C#N)n2)CC1. The number of nitriles is 1. The predicted molar refractivity (Wildman–Crippen MR) is 66.4 cm³/mol. The van der Waals surface area contributed by atoms with Crippen LogP contribution in [0, 0.1) is 23.2 Å². The van der Waals surface area contributed by atoms with Gasteiger partial charge in [-0.05, 0) is 30.7 Å². The molecule has 4 nitrogen and oxygen atoms in total. The van der Waals surface area contributed by atoms with Gasteiger partial charge in [-0.3, -0.25) is 0 Å². The first kappa shape index (κ1) is 11.8. The Bertz CT molecular complexity index is 402. The first-order chi connectivity index (χ1) is 8.28. The van der Waals surface area contributed by atoms with Crippen LogP contribution >= 0.6 is 0 Å². The van der Waals surface area contributed by atoms with E-state index in [1.54, 1.807) is 12.3 Å². The molecule has 1 aliphatic carbocycles. The van der Waals surface area contributed by atoms with Gasteiger partial charge < -0.3 is 5.32 Å². The number of aromatic nitrogens is 2. The topological polar surface area (TPSA) is 61.6 Å². The maximum atomic E-state index is 8.74. The molecule has 1 N–H and O–H groups in total. The van der Waals surface area contributed by atoms with Crippen molar-refractivity contribution in [2.45, 2.75) is 32.6 Å². The fraction of sp³-hybridized carbons (Fsp3) is 0.615. The second kappa shape index (κ2) is 5.62. The van der Waals surface area contributed by atoms with Crippen LogP contribution in [-0.2, 0) is 0 Å². The van der Waals surface area contributed by atoms with E-state index in [0.29, 0.717) is 11.6 Å². The molecule has 0 aromatic carbocycles. The van der Waals surface area contributed by atoms with E-state index in [-0.39, 0.29) is 0 Å². The molecular weight excluding hydrogens is 212 g/mol. The van der Waals surface area contributed by atoms with Crippen molar-refractivity contribution in [1.29, 1.82) is 5.26 Å². The van der Waals surface area contributed by atoms with Gasteiger partial charge in [-0.2, -0.15) is 5.26 Å². The minimum atomic E-state index is 0.416. The molecule has 0 unspecified atom stereocenters. The van der Waals surface area contributed by atoms with Gasteiger partial charge in [0.05, 0.1) is 0 Å². The molecule has 1 fully saturated rings. The molecule has 1 heterocycles. The van der Waals surface area contributed by atoms with Crippen LogP contribution in [0.25, 0.3) is 0 Å². The van der Waals surface area contributed by atoms with Crippen molar-refractivity contribution in [2.75, 3.05) is 11.9 Å². The van der Waals surface area contributed by atoms with Crippen LogP contribution in [0.1, 0.15) is 38.3 Å². The summed E-state index contributed by atoms with van der Waals surface area (Å²) in [5, 5.41) is 12.0. The van der Waals surface area contributed by atoms with Crippen LogP contribution in [0.4, 0.5) is 5.95 Å². The number of nitrogens with zero attached hydrogens (tertiary/aromatic N) is 3. The molecule has 0 aliphatic heterocycles. The van der Waals surface area contributed by atoms with Gasteiger partial charge in [-0.15, -0.1) is 0 Å². The van der Waals surface area contributed by atoms with Gasteiger partial charge in [0.2, 0.25) is 5.95 Å². The Labute approximate surface area is 102 Å². The zero-order valence-corrected chi connectivity index (χ0v) is 10.2. The van der Waals surface area contributed by atoms with E-state index < -0.39 is 0 Å². The van der Waals surface area contributed by atoms with Crippen LogP contribution in [0.2, 0.25) is 0 Å². The summed E-state index contributed by atoms with van der Waals surface area (Å²) in [6.45, 7) is 3.24. The molecule has 1 saturated carbocycles. The monoisotopic (exact) mass is 230 g/mol. The fourth-order valence-corrected chi connectivity index (χ4v) is 2.28. The van der Waals surface area contributed by atoms with E-state index in [2.05, 4.69) is 22.2 Å². The Balaban J connectivity index is 1.83. The molecule has 2 rings (SSSR count). The van der Waals surface area contributed by atoms with Crippen molar-refractivity contribution in [3.63, 3.8) is 0 Å². The molecule has 0 bridgehead atoms. The summed E-state index contributed by atoms with van der Waals surface area (Å²) in [4.78, 5) is 8.22. The van der Waals surface area contributed by atoms with Crippen molar-refractivity contribution in [3.05, 3.63) is 18.0 Å². The molecule has 1 aromatic heterocycles. The summed E-state index contributed by atoms with van der Waals surface area (Å²) in [7, 11) is 0. The van der Waals surface area contributed by atoms with Crippen LogP contribution in [0.15, 0.2) is 12.3 Å². The Hall–Kier alpha value is -1.63. The van der Waals surface area contributed by atoms with E-state index in [9.17, 15) is 0 Å². The third-order valence-electron chi connectivity index (χ3n) is 3.45. The minimum absolute atomic E-state index is 0.416. The Morgan fingerprint density at radius 3 is 2.88 bits per heavy atom. The highest BCUT2D eigenvalue weighted by molar-refractivity contribution is 5.29.